The first-order chi connectivity index (χ1) is 11.2. The molecule has 1 fully saturated rings. The average molecular weight is 369 g/mol. The molecule has 1 aromatic carbocycles. The highest BCUT2D eigenvalue weighted by Crippen LogP contribution is 2.22. The molecule has 2 N–H and O–H groups in total. The second kappa shape index (κ2) is 9.06. The van der Waals surface area contributed by atoms with Gasteiger partial charge in [-0.2, -0.15) is 5.10 Å². The first-order valence-corrected chi connectivity index (χ1v) is 8.34. The summed E-state index contributed by atoms with van der Waals surface area (Å²) in [7, 11) is 0. The molecule has 7 heteroatoms. The zero-order valence-corrected chi connectivity index (χ0v) is 14.9. The lowest BCUT2D eigenvalue weighted by atomic mass is 9.96. The third-order valence-electron chi connectivity index (χ3n) is 4.19. The Labute approximate surface area is 153 Å². The highest BCUT2D eigenvalue weighted by molar-refractivity contribution is 6.31. The Morgan fingerprint density at radius 1 is 1.38 bits per heavy atom. The summed E-state index contributed by atoms with van der Waals surface area (Å²) < 4.78 is 1.81. The first kappa shape index (κ1) is 18.8. The van der Waals surface area contributed by atoms with Crippen LogP contribution in [0.5, 0.6) is 0 Å². The third kappa shape index (κ3) is 4.72. The molecule has 130 valence electrons. The second-order valence-corrected chi connectivity index (χ2v) is 6.23. The van der Waals surface area contributed by atoms with E-state index in [1.165, 1.54) is 0 Å². The van der Waals surface area contributed by atoms with Crippen LogP contribution in [-0.4, -0.2) is 28.8 Å². The van der Waals surface area contributed by atoms with Gasteiger partial charge in [0.2, 0.25) is 5.91 Å². The first-order valence-electron chi connectivity index (χ1n) is 7.96. The molecule has 1 amide bonds. The molecule has 1 aliphatic heterocycles. The minimum atomic E-state index is -0.0568. The van der Waals surface area contributed by atoms with Crippen LogP contribution in [0.1, 0.15) is 30.0 Å². The molecule has 3 rings (SSSR count). The number of carbonyl (C=O) groups excluding carboxylic acids is 1. The van der Waals surface area contributed by atoms with Gasteiger partial charge in [0.05, 0.1) is 0 Å². The number of hydrogen-bond donors (Lipinski definition) is 2. The van der Waals surface area contributed by atoms with Crippen molar-refractivity contribution in [3.05, 3.63) is 52.8 Å². The fourth-order valence-corrected chi connectivity index (χ4v) is 3.16. The summed E-state index contributed by atoms with van der Waals surface area (Å²) in [6, 6.07) is 9.54. The molecule has 2 aromatic rings. The zero-order valence-electron chi connectivity index (χ0n) is 13.4. The lowest BCUT2D eigenvalue weighted by molar-refractivity contribution is -0.122. The van der Waals surface area contributed by atoms with Gasteiger partial charge in [0.1, 0.15) is 6.54 Å². The van der Waals surface area contributed by atoms with E-state index >= 15 is 0 Å². The summed E-state index contributed by atoms with van der Waals surface area (Å²) in [5.41, 5.74) is 2.05. The predicted octanol–water partition coefficient (Wildman–Crippen LogP) is 2.74. The molecule has 1 aliphatic rings. The van der Waals surface area contributed by atoms with E-state index in [0.717, 1.165) is 37.2 Å². The summed E-state index contributed by atoms with van der Waals surface area (Å²) in [4.78, 5) is 12.2. The van der Waals surface area contributed by atoms with Crippen LogP contribution in [0.25, 0.3) is 0 Å². The van der Waals surface area contributed by atoms with Crippen molar-refractivity contribution in [3.8, 4) is 0 Å². The maximum absolute atomic E-state index is 12.2. The summed E-state index contributed by atoms with van der Waals surface area (Å²) in [5.74, 6) is 0.376. The van der Waals surface area contributed by atoms with Crippen LogP contribution < -0.4 is 10.6 Å². The summed E-state index contributed by atoms with van der Waals surface area (Å²) in [6.07, 6.45) is 4.07. The Balaban J connectivity index is 0.00000208. The van der Waals surface area contributed by atoms with Crippen LogP contribution in [-0.2, 0) is 17.9 Å². The van der Waals surface area contributed by atoms with E-state index in [4.69, 9.17) is 11.6 Å². The van der Waals surface area contributed by atoms with Gasteiger partial charge in [0, 0.05) is 35.9 Å². The largest absolute Gasteiger partial charge is 0.350 e. The van der Waals surface area contributed by atoms with Gasteiger partial charge in [-0.3, -0.25) is 9.48 Å². The van der Waals surface area contributed by atoms with Crippen molar-refractivity contribution in [1.82, 2.24) is 20.4 Å². The van der Waals surface area contributed by atoms with Crippen LogP contribution in [0.15, 0.2) is 36.5 Å². The molecule has 2 heterocycles. The number of piperidine rings is 1. The smallest absolute Gasteiger partial charge is 0.242 e. The number of halogens is 2. The molecule has 0 spiro atoms. The molecule has 0 bridgehead atoms. The minimum absolute atomic E-state index is 0. The van der Waals surface area contributed by atoms with E-state index in [9.17, 15) is 4.79 Å². The van der Waals surface area contributed by atoms with Crippen molar-refractivity contribution in [2.75, 3.05) is 13.1 Å². The normalized spacial score (nSPS) is 17.1. The number of carbonyl (C=O) groups is 1. The van der Waals surface area contributed by atoms with Crippen molar-refractivity contribution in [2.24, 2.45) is 0 Å². The Bertz CT molecular complexity index is 668. The van der Waals surface area contributed by atoms with Crippen molar-refractivity contribution in [2.45, 2.75) is 31.8 Å². The van der Waals surface area contributed by atoms with Gasteiger partial charge >= 0.3 is 0 Å². The van der Waals surface area contributed by atoms with Crippen LogP contribution in [0.2, 0.25) is 5.02 Å². The maximum Gasteiger partial charge on any atom is 0.242 e. The maximum atomic E-state index is 12.2. The minimum Gasteiger partial charge on any atom is -0.350 e. The number of rotatable bonds is 5. The standard InChI is InChI=1S/C17H21ClN4O.ClH/c18-15-6-2-1-4-13(15)11-20-17(23)12-22-16(7-9-21-22)14-5-3-8-19-10-14;/h1-2,4,6-7,9,14,19H,3,5,8,10-12H2,(H,20,23);1H. The van der Waals surface area contributed by atoms with E-state index in [0.29, 0.717) is 17.5 Å². The van der Waals surface area contributed by atoms with Crippen molar-refractivity contribution in [1.29, 1.82) is 0 Å². The van der Waals surface area contributed by atoms with Crippen molar-refractivity contribution >= 4 is 29.9 Å². The van der Waals surface area contributed by atoms with Gasteiger partial charge in [-0.1, -0.05) is 29.8 Å². The SMILES string of the molecule is Cl.O=C(Cn1nccc1C1CCCNC1)NCc1ccccc1Cl. The molecule has 5 nitrogen and oxygen atoms in total. The predicted molar refractivity (Wildman–Crippen MR) is 97.6 cm³/mol. The fraction of sp³-hybridized carbons (Fsp3) is 0.412. The second-order valence-electron chi connectivity index (χ2n) is 5.83. The van der Waals surface area contributed by atoms with Crippen LogP contribution in [0.3, 0.4) is 0 Å². The van der Waals surface area contributed by atoms with E-state index in [1.807, 2.05) is 30.3 Å². The number of hydrogen-bond acceptors (Lipinski definition) is 3. The lowest BCUT2D eigenvalue weighted by Gasteiger charge is -2.23. The molecule has 1 unspecified atom stereocenters. The van der Waals surface area contributed by atoms with E-state index in [2.05, 4.69) is 15.7 Å². The average Bonchev–Trinajstić information content (AvgIpc) is 3.03. The quantitative estimate of drug-likeness (QED) is 0.852. The van der Waals surface area contributed by atoms with E-state index in [1.54, 1.807) is 10.9 Å². The Kier molecular flexibility index (Phi) is 7.09. The van der Waals surface area contributed by atoms with Crippen LogP contribution in [0, 0.1) is 0 Å². The molecular weight excluding hydrogens is 347 g/mol. The molecule has 24 heavy (non-hydrogen) atoms. The van der Waals surface area contributed by atoms with Crippen LogP contribution >= 0.6 is 24.0 Å². The van der Waals surface area contributed by atoms with Crippen LogP contribution in [0.4, 0.5) is 0 Å². The summed E-state index contributed by atoms with van der Waals surface area (Å²) >= 11 is 6.10. The molecule has 0 saturated carbocycles. The molecule has 0 radical (unpaired) electrons. The monoisotopic (exact) mass is 368 g/mol. The van der Waals surface area contributed by atoms with Gasteiger partial charge in [-0.05, 0) is 37.1 Å². The van der Waals surface area contributed by atoms with Gasteiger partial charge < -0.3 is 10.6 Å². The van der Waals surface area contributed by atoms with E-state index in [-0.39, 0.29) is 24.9 Å². The fourth-order valence-electron chi connectivity index (χ4n) is 2.95. The zero-order chi connectivity index (χ0) is 16.1. The van der Waals surface area contributed by atoms with Gasteiger partial charge in [0.15, 0.2) is 0 Å². The van der Waals surface area contributed by atoms with E-state index < -0.39 is 0 Å². The number of nitrogens with one attached hydrogen (secondary N) is 2. The molecular formula is C17H22Cl2N4O. The lowest BCUT2D eigenvalue weighted by Crippen LogP contribution is -2.32. The van der Waals surface area contributed by atoms with Gasteiger partial charge in [-0.15, -0.1) is 12.4 Å². The summed E-state index contributed by atoms with van der Waals surface area (Å²) in [5, 5.41) is 11.3. The van der Waals surface area contributed by atoms with Gasteiger partial charge in [-0.25, -0.2) is 0 Å². The molecule has 0 aliphatic carbocycles. The Morgan fingerprint density at radius 3 is 2.96 bits per heavy atom. The number of nitrogens with zero attached hydrogens (tertiary/aromatic N) is 2. The highest BCUT2D eigenvalue weighted by Gasteiger charge is 2.19. The van der Waals surface area contributed by atoms with Crippen molar-refractivity contribution in [3.63, 3.8) is 0 Å². The van der Waals surface area contributed by atoms with Crippen molar-refractivity contribution < 1.29 is 4.79 Å². The highest BCUT2D eigenvalue weighted by atomic mass is 35.5. The Morgan fingerprint density at radius 2 is 2.21 bits per heavy atom. The number of benzene rings is 1. The number of amides is 1. The topological polar surface area (TPSA) is 59.0 Å². The molecule has 1 aromatic heterocycles. The summed E-state index contributed by atoms with van der Waals surface area (Å²) in [6.45, 7) is 2.69. The number of aromatic nitrogens is 2. The molecule has 1 atom stereocenters. The third-order valence-corrected chi connectivity index (χ3v) is 4.56. The van der Waals surface area contributed by atoms with Gasteiger partial charge in [0.25, 0.3) is 0 Å². The molecule has 1 saturated heterocycles. The Hall–Kier alpha value is -1.56.